The number of ketones is 1. The Morgan fingerprint density at radius 2 is 1.84 bits per heavy atom. The summed E-state index contributed by atoms with van der Waals surface area (Å²) in [5.74, 6) is -5.90. The third-order valence-corrected chi connectivity index (χ3v) is 6.97. The van der Waals surface area contributed by atoms with E-state index in [1.54, 1.807) is 13.0 Å². The second kappa shape index (κ2) is 9.76. The lowest BCUT2D eigenvalue weighted by atomic mass is 9.77. The standard InChI is InChI=1S/C27H19Cl2F3N2O3/c1-12-22(27(36)34-18-11-13(28)5-7-15(18)29)24(23-17(33-12)3-2-4-19(23)35)21-10-9-20(37-21)14-6-8-16(30)26(32)25(14)31/h5-11,24,33H,2-4H2,1H3,(H,34,36). The molecule has 10 heteroatoms. The predicted octanol–water partition coefficient (Wildman–Crippen LogP) is 7.28. The first-order valence-electron chi connectivity index (χ1n) is 11.4. The molecule has 0 fully saturated rings. The molecule has 190 valence electrons. The van der Waals surface area contributed by atoms with Gasteiger partial charge >= 0.3 is 0 Å². The minimum Gasteiger partial charge on any atom is -0.460 e. The lowest BCUT2D eigenvalue weighted by molar-refractivity contribution is -0.116. The minimum atomic E-state index is -1.63. The number of furan rings is 1. The Morgan fingerprint density at radius 1 is 1.05 bits per heavy atom. The van der Waals surface area contributed by atoms with E-state index >= 15 is 0 Å². The van der Waals surface area contributed by atoms with Crippen molar-refractivity contribution in [3.8, 4) is 11.3 Å². The van der Waals surface area contributed by atoms with Crippen LogP contribution in [0.3, 0.4) is 0 Å². The van der Waals surface area contributed by atoms with Gasteiger partial charge in [-0.15, -0.1) is 0 Å². The summed E-state index contributed by atoms with van der Waals surface area (Å²) in [6, 6.07) is 9.35. The first kappa shape index (κ1) is 25.2. The van der Waals surface area contributed by atoms with Crippen molar-refractivity contribution in [1.29, 1.82) is 0 Å². The van der Waals surface area contributed by atoms with Crippen molar-refractivity contribution in [2.24, 2.45) is 0 Å². The van der Waals surface area contributed by atoms with Gasteiger partial charge in [-0.2, -0.15) is 0 Å². The monoisotopic (exact) mass is 546 g/mol. The number of rotatable bonds is 4. The van der Waals surface area contributed by atoms with Gasteiger partial charge in [0, 0.05) is 28.4 Å². The molecular weight excluding hydrogens is 528 g/mol. The lowest BCUT2D eigenvalue weighted by Gasteiger charge is -2.33. The molecule has 0 bridgehead atoms. The number of benzene rings is 2. The van der Waals surface area contributed by atoms with Crippen molar-refractivity contribution >= 4 is 40.6 Å². The Hall–Kier alpha value is -3.49. The number of halogens is 5. The highest BCUT2D eigenvalue weighted by atomic mass is 35.5. The largest absolute Gasteiger partial charge is 0.460 e. The zero-order chi connectivity index (χ0) is 26.4. The van der Waals surface area contributed by atoms with Crippen molar-refractivity contribution in [3.63, 3.8) is 0 Å². The molecule has 1 aromatic heterocycles. The molecule has 2 aromatic carbocycles. The summed E-state index contributed by atoms with van der Waals surface area (Å²) in [4.78, 5) is 26.7. The lowest BCUT2D eigenvalue weighted by Crippen LogP contribution is -2.35. The summed E-state index contributed by atoms with van der Waals surface area (Å²) in [7, 11) is 0. The molecule has 37 heavy (non-hydrogen) atoms. The number of hydrogen-bond acceptors (Lipinski definition) is 4. The first-order chi connectivity index (χ1) is 17.7. The van der Waals surface area contributed by atoms with Gasteiger partial charge in [0.15, 0.2) is 23.2 Å². The second-order valence-electron chi connectivity index (χ2n) is 8.77. The first-order valence-corrected chi connectivity index (χ1v) is 12.1. The van der Waals surface area contributed by atoms with E-state index in [0.29, 0.717) is 34.8 Å². The molecule has 0 saturated heterocycles. The third kappa shape index (κ3) is 4.55. The van der Waals surface area contributed by atoms with Crippen LogP contribution in [0, 0.1) is 17.5 Å². The maximum atomic E-state index is 14.5. The molecule has 0 radical (unpaired) electrons. The molecule has 2 aliphatic rings. The van der Waals surface area contributed by atoms with Crippen molar-refractivity contribution in [2.75, 3.05) is 5.32 Å². The van der Waals surface area contributed by atoms with E-state index in [9.17, 15) is 22.8 Å². The number of nitrogens with one attached hydrogen (secondary N) is 2. The molecule has 5 rings (SSSR count). The average Bonchev–Trinajstić information content (AvgIpc) is 3.34. The molecule has 1 atom stereocenters. The summed E-state index contributed by atoms with van der Waals surface area (Å²) in [6.45, 7) is 1.70. The van der Waals surface area contributed by atoms with Gasteiger partial charge in [0.2, 0.25) is 0 Å². The number of carbonyl (C=O) groups excluding carboxylic acids is 2. The Bertz CT molecular complexity index is 1530. The van der Waals surface area contributed by atoms with Crippen LogP contribution in [0.25, 0.3) is 11.3 Å². The van der Waals surface area contributed by atoms with Crippen LogP contribution < -0.4 is 10.6 Å². The summed E-state index contributed by atoms with van der Waals surface area (Å²) in [5.41, 5.74) is 1.71. The quantitative estimate of drug-likeness (QED) is 0.337. The summed E-state index contributed by atoms with van der Waals surface area (Å²) >= 11 is 12.3. The van der Waals surface area contributed by atoms with Gasteiger partial charge in [-0.1, -0.05) is 23.2 Å². The van der Waals surface area contributed by atoms with E-state index in [-0.39, 0.29) is 45.6 Å². The van der Waals surface area contributed by atoms with Crippen LogP contribution in [0.2, 0.25) is 10.0 Å². The summed E-state index contributed by atoms with van der Waals surface area (Å²) in [6.07, 6.45) is 1.53. The van der Waals surface area contributed by atoms with Gasteiger partial charge < -0.3 is 15.1 Å². The molecule has 2 heterocycles. The van der Waals surface area contributed by atoms with E-state index in [4.69, 9.17) is 27.6 Å². The summed E-state index contributed by atoms with van der Waals surface area (Å²) < 4.78 is 47.7. The number of Topliss-reactive ketones (excluding diaryl/α,β-unsaturated/α-hetero) is 1. The molecule has 0 saturated carbocycles. The average molecular weight is 547 g/mol. The fourth-order valence-electron chi connectivity index (χ4n) is 4.72. The Morgan fingerprint density at radius 3 is 2.62 bits per heavy atom. The minimum absolute atomic E-state index is 0.0781. The number of anilines is 1. The molecule has 3 aromatic rings. The molecule has 1 unspecified atom stereocenters. The smallest absolute Gasteiger partial charge is 0.254 e. The maximum Gasteiger partial charge on any atom is 0.254 e. The van der Waals surface area contributed by atoms with Gasteiger partial charge in [-0.05, 0) is 62.2 Å². The zero-order valence-electron chi connectivity index (χ0n) is 19.4. The Labute approximate surface area is 219 Å². The van der Waals surface area contributed by atoms with Crippen LogP contribution in [0.1, 0.15) is 37.9 Å². The zero-order valence-corrected chi connectivity index (χ0v) is 20.9. The number of hydrogen-bond donors (Lipinski definition) is 2. The van der Waals surface area contributed by atoms with Crippen molar-refractivity contribution in [3.05, 3.63) is 98.3 Å². The van der Waals surface area contributed by atoms with Gasteiger partial charge in [0.25, 0.3) is 5.91 Å². The third-order valence-electron chi connectivity index (χ3n) is 6.41. The molecule has 1 amide bonds. The molecule has 1 aliphatic heterocycles. The van der Waals surface area contributed by atoms with Crippen LogP contribution in [-0.2, 0) is 9.59 Å². The SMILES string of the molecule is CC1=C(C(=O)Nc2cc(Cl)ccc2Cl)C(c2ccc(-c3ccc(F)c(F)c3F)o2)C2=C(CCCC2=O)N1. The highest BCUT2D eigenvalue weighted by Gasteiger charge is 2.40. The van der Waals surface area contributed by atoms with Crippen molar-refractivity contribution in [1.82, 2.24) is 5.32 Å². The molecular formula is C27H19Cl2F3N2O3. The number of carbonyl (C=O) groups is 2. The second-order valence-corrected chi connectivity index (χ2v) is 9.61. The van der Waals surface area contributed by atoms with Gasteiger partial charge in [0.1, 0.15) is 11.5 Å². The van der Waals surface area contributed by atoms with E-state index in [1.165, 1.54) is 24.3 Å². The van der Waals surface area contributed by atoms with Crippen LogP contribution in [0.5, 0.6) is 0 Å². The van der Waals surface area contributed by atoms with Crippen LogP contribution in [0.4, 0.5) is 18.9 Å². The highest BCUT2D eigenvalue weighted by molar-refractivity contribution is 6.36. The van der Waals surface area contributed by atoms with Gasteiger partial charge in [-0.3, -0.25) is 9.59 Å². The van der Waals surface area contributed by atoms with Crippen LogP contribution in [-0.4, -0.2) is 11.7 Å². The fraction of sp³-hybridized carbons (Fsp3) is 0.185. The fourth-order valence-corrected chi connectivity index (χ4v) is 5.06. The number of allylic oxidation sites excluding steroid dienone is 3. The topological polar surface area (TPSA) is 71.3 Å². The Kier molecular flexibility index (Phi) is 6.64. The number of dihydropyridines is 1. The van der Waals surface area contributed by atoms with E-state index in [0.717, 1.165) is 12.1 Å². The normalized spacial score (nSPS) is 17.6. The predicted molar refractivity (Wildman–Crippen MR) is 134 cm³/mol. The van der Waals surface area contributed by atoms with Crippen LogP contribution in [0.15, 0.2) is 69.4 Å². The Balaban J connectivity index is 1.60. The molecule has 5 nitrogen and oxygen atoms in total. The van der Waals surface area contributed by atoms with Crippen molar-refractivity contribution in [2.45, 2.75) is 32.1 Å². The molecule has 1 aliphatic carbocycles. The molecule has 0 spiro atoms. The molecule has 2 N–H and O–H groups in total. The van der Waals surface area contributed by atoms with E-state index in [2.05, 4.69) is 10.6 Å². The maximum absolute atomic E-state index is 14.5. The van der Waals surface area contributed by atoms with E-state index < -0.39 is 29.3 Å². The van der Waals surface area contributed by atoms with E-state index in [1.807, 2.05) is 0 Å². The summed E-state index contributed by atoms with van der Waals surface area (Å²) in [5, 5.41) is 6.55. The van der Waals surface area contributed by atoms with Gasteiger partial charge in [-0.25, -0.2) is 13.2 Å². The van der Waals surface area contributed by atoms with Crippen molar-refractivity contribution < 1.29 is 27.2 Å². The van der Waals surface area contributed by atoms with Gasteiger partial charge in [0.05, 0.1) is 27.8 Å². The van der Waals surface area contributed by atoms with Crippen LogP contribution >= 0.6 is 23.2 Å². The highest BCUT2D eigenvalue weighted by Crippen LogP contribution is 2.44. The number of amides is 1.